The van der Waals surface area contributed by atoms with Gasteiger partial charge >= 0.3 is 6.01 Å². The van der Waals surface area contributed by atoms with Gasteiger partial charge in [0.05, 0.1) is 23.8 Å². The van der Waals surface area contributed by atoms with Crippen LogP contribution in [0.25, 0.3) is 22.1 Å². The molecule has 0 amide bonds. The molecule has 6 nitrogen and oxygen atoms in total. The summed E-state index contributed by atoms with van der Waals surface area (Å²) in [6.45, 7) is 0.448. The van der Waals surface area contributed by atoms with Crippen molar-refractivity contribution in [1.82, 2.24) is 15.0 Å². The summed E-state index contributed by atoms with van der Waals surface area (Å²) < 4.78 is 6.29. The van der Waals surface area contributed by atoms with Crippen molar-refractivity contribution in [2.75, 3.05) is 4.90 Å². The molecule has 5 rings (SSSR count). The topological polar surface area (TPSA) is 72.1 Å². The molecule has 3 aromatic heterocycles. The van der Waals surface area contributed by atoms with Crippen LogP contribution >= 0.6 is 0 Å². The molecule has 0 fully saturated rings. The van der Waals surface area contributed by atoms with Crippen molar-refractivity contribution in [3.8, 4) is 11.1 Å². The van der Waals surface area contributed by atoms with Gasteiger partial charge in [-0.2, -0.15) is 4.98 Å². The molecule has 0 N–H and O–H groups in total. The van der Waals surface area contributed by atoms with Crippen LogP contribution in [0.2, 0.25) is 0 Å². The molecule has 150 valence electrons. The summed E-state index contributed by atoms with van der Waals surface area (Å²) in [5, 5.41) is 0.445. The second kappa shape index (κ2) is 8.20. The van der Waals surface area contributed by atoms with Crippen molar-refractivity contribution in [1.29, 1.82) is 0 Å². The summed E-state index contributed by atoms with van der Waals surface area (Å²) in [6, 6.07) is 23.2. The SMILES string of the molecule is O=c1nc(N(Cc2ccncc2)c2cccnc2)oc2c(-c3ccccc3)cccc12. The van der Waals surface area contributed by atoms with E-state index in [9.17, 15) is 4.79 Å². The minimum atomic E-state index is -0.336. The minimum Gasteiger partial charge on any atom is -0.424 e. The van der Waals surface area contributed by atoms with Crippen LogP contribution in [0.1, 0.15) is 5.56 Å². The zero-order valence-corrected chi connectivity index (χ0v) is 16.6. The van der Waals surface area contributed by atoms with Crippen LogP contribution in [0.4, 0.5) is 11.7 Å². The fraction of sp³-hybridized carbons (Fsp3) is 0.0400. The number of hydrogen-bond acceptors (Lipinski definition) is 6. The lowest BCUT2D eigenvalue weighted by Crippen LogP contribution is -2.21. The van der Waals surface area contributed by atoms with E-state index in [1.165, 1.54) is 0 Å². The smallest absolute Gasteiger partial charge is 0.306 e. The van der Waals surface area contributed by atoms with Crippen molar-refractivity contribution in [2.45, 2.75) is 6.54 Å². The number of pyridine rings is 2. The van der Waals surface area contributed by atoms with E-state index in [1.807, 2.05) is 71.6 Å². The molecule has 5 aromatic rings. The number of hydrogen-bond donors (Lipinski definition) is 0. The number of fused-ring (bicyclic) bond motifs is 1. The average molecular weight is 406 g/mol. The Labute approximate surface area is 178 Å². The Kier molecular flexibility index (Phi) is 4.94. The van der Waals surface area contributed by atoms with Gasteiger partial charge in [-0.15, -0.1) is 0 Å². The Morgan fingerprint density at radius 2 is 1.65 bits per heavy atom. The first-order valence-corrected chi connectivity index (χ1v) is 9.85. The summed E-state index contributed by atoms with van der Waals surface area (Å²) in [7, 11) is 0. The van der Waals surface area contributed by atoms with E-state index in [2.05, 4.69) is 15.0 Å². The van der Waals surface area contributed by atoms with E-state index in [1.54, 1.807) is 30.9 Å². The Hall–Kier alpha value is -4.32. The Balaban J connectivity index is 1.70. The van der Waals surface area contributed by atoms with Crippen LogP contribution in [0.15, 0.2) is 107 Å². The van der Waals surface area contributed by atoms with Crippen molar-refractivity contribution in [2.24, 2.45) is 0 Å². The van der Waals surface area contributed by atoms with Crippen LogP contribution in [-0.4, -0.2) is 15.0 Å². The van der Waals surface area contributed by atoms with E-state index in [4.69, 9.17) is 4.42 Å². The van der Waals surface area contributed by atoms with E-state index >= 15 is 0 Å². The molecule has 0 aliphatic carbocycles. The Bertz CT molecular complexity index is 1370. The Morgan fingerprint density at radius 1 is 0.806 bits per heavy atom. The quantitative estimate of drug-likeness (QED) is 0.410. The third-order valence-electron chi connectivity index (χ3n) is 5.00. The lowest BCUT2D eigenvalue weighted by atomic mass is 10.0. The van der Waals surface area contributed by atoms with Gasteiger partial charge in [0.15, 0.2) is 5.58 Å². The molecule has 0 aliphatic rings. The molecule has 2 aromatic carbocycles. The summed E-state index contributed by atoms with van der Waals surface area (Å²) in [5.41, 5.74) is 3.75. The largest absolute Gasteiger partial charge is 0.424 e. The predicted molar refractivity (Wildman–Crippen MR) is 120 cm³/mol. The number of aromatic nitrogens is 3. The number of rotatable bonds is 5. The highest BCUT2D eigenvalue weighted by Crippen LogP contribution is 2.31. The first-order chi connectivity index (χ1) is 15.3. The highest BCUT2D eigenvalue weighted by atomic mass is 16.4. The maximum atomic E-state index is 12.9. The molecule has 0 unspecified atom stereocenters. The lowest BCUT2D eigenvalue weighted by molar-refractivity contribution is 0.568. The predicted octanol–water partition coefficient (Wildman–Crippen LogP) is 4.98. The highest BCUT2D eigenvalue weighted by Gasteiger charge is 2.18. The van der Waals surface area contributed by atoms with Gasteiger partial charge in [0, 0.05) is 24.2 Å². The van der Waals surface area contributed by atoms with Gasteiger partial charge in [0.25, 0.3) is 5.56 Å². The summed E-state index contributed by atoms with van der Waals surface area (Å²) in [6.07, 6.45) is 6.88. The van der Waals surface area contributed by atoms with E-state index in [-0.39, 0.29) is 11.6 Å². The van der Waals surface area contributed by atoms with Crippen LogP contribution in [-0.2, 0) is 6.54 Å². The first kappa shape index (κ1) is 18.7. The van der Waals surface area contributed by atoms with Crippen LogP contribution < -0.4 is 10.5 Å². The van der Waals surface area contributed by atoms with Crippen molar-refractivity contribution >= 4 is 22.7 Å². The molecule has 0 radical (unpaired) electrons. The standard InChI is InChI=1S/C25H18N4O2/c30-24-22-10-4-9-21(19-6-2-1-3-7-19)23(22)31-25(28-24)29(20-8-5-13-27-16-20)17-18-11-14-26-15-12-18/h1-16H,17H2. The van der Waals surface area contributed by atoms with E-state index in [0.29, 0.717) is 17.5 Å². The molecule has 0 aliphatic heterocycles. The van der Waals surface area contributed by atoms with Crippen molar-refractivity contribution < 1.29 is 4.42 Å². The zero-order valence-electron chi connectivity index (χ0n) is 16.6. The van der Waals surface area contributed by atoms with Gasteiger partial charge in [-0.3, -0.25) is 19.7 Å². The fourth-order valence-electron chi connectivity index (χ4n) is 3.49. The molecule has 0 spiro atoms. The number of anilines is 2. The van der Waals surface area contributed by atoms with Crippen molar-refractivity contribution in [3.05, 3.63) is 114 Å². The molecule has 31 heavy (non-hydrogen) atoms. The Morgan fingerprint density at radius 3 is 2.42 bits per heavy atom. The molecule has 6 heteroatoms. The molecular formula is C25H18N4O2. The van der Waals surface area contributed by atoms with E-state index in [0.717, 1.165) is 22.4 Å². The third kappa shape index (κ3) is 3.79. The van der Waals surface area contributed by atoms with Crippen LogP contribution in [0.5, 0.6) is 0 Å². The van der Waals surface area contributed by atoms with Gasteiger partial charge in [-0.1, -0.05) is 42.5 Å². The van der Waals surface area contributed by atoms with Crippen LogP contribution in [0.3, 0.4) is 0 Å². The molecule has 0 saturated carbocycles. The molecule has 3 heterocycles. The monoisotopic (exact) mass is 406 g/mol. The average Bonchev–Trinajstić information content (AvgIpc) is 2.84. The maximum Gasteiger partial charge on any atom is 0.306 e. The van der Waals surface area contributed by atoms with Gasteiger partial charge in [-0.05, 0) is 41.5 Å². The summed E-state index contributed by atoms with van der Waals surface area (Å²) >= 11 is 0. The number of benzene rings is 2. The molecule has 0 atom stereocenters. The third-order valence-corrected chi connectivity index (χ3v) is 5.00. The summed E-state index contributed by atoms with van der Waals surface area (Å²) in [4.78, 5) is 27.4. The normalized spacial score (nSPS) is 10.8. The molecular weight excluding hydrogens is 388 g/mol. The first-order valence-electron chi connectivity index (χ1n) is 9.85. The second-order valence-corrected chi connectivity index (χ2v) is 7.00. The number of para-hydroxylation sites is 1. The van der Waals surface area contributed by atoms with Gasteiger partial charge < -0.3 is 4.42 Å². The van der Waals surface area contributed by atoms with E-state index < -0.39 is 0 Å². The lowest BCUT2D eigenvalue weighted by Gasteiger charge is -2.22. The summed E-state index contributed by atoms with van der Waals surface area (Å²) in [5.74, 6) is 0. The second-order valence-electron chi connectivity index (χ2n) is 7.00. The zero-order chi connectivity index (χ0) is 21.0. The fourth-order valence-corrected chi connectivity index (χ4v) is 3.49. The van der Waals surface area contributed by atoms with Gasteiger partial charge in [0.1, 0.15) is 0 Å². The number of nitrogens with zero attached hydrogens (tertiary/aromatic N) is 4. The van der Waals surface area contributed by atoms with Gasteiger partial charge in [-0.25, -0.2) is 0 Å². The van der Waals surface area contributed by atoms with Gasteiger partial charge in [0.2, 0.25) is 0 Å². The maximum absolute atomic E-state index is 12.9. The highest BCUT2D eigenvalue weighted by molar-refractivity contribution is 5.92. The van der Waals surface area contributed by atoms with Crippen LogP contribution in [0, 0.1) is 0 Å². The molecule has 0 saturated heterocycles. The van der Waals surface area contributed by atoms with Crippen molar-refractivity contribution in [3.63, 3.8) is 0 Å². The minimum absolute atomic E-state index is 0.214. The molecule has 0 bridgehead atoms.